The van der Waals surface area contributed by atoms with Crippen molar-refractivity contribution in [2.24, 2.45) is 4.99 Å². The summed E-state index contributed by atoms with van der Waals surface area (Å²) in [6, 6.07) is 19.0. The molecular formula is C22H13BrCl2N2O. The largest absolute Gasteiger partial charge is 0.436 e. The Balaban J connectivity index is 1.54. The van der Waals surface area contributed by atoms with Gasteiger partial charge in [-0.25, -0.2) is 4.98 Å². The number of aliphatic imine (C=N–C) groups is 1. The van der Waals surface area contributed by atoms with Crippen LogP contribution >= 0.6 is 39.1 Å². The van der Waals surface area contributed by atoms with Crippen LogP contribution in [-0.2, 0) is 0 Å². The monoisotopic (exact) mass is 470 g/mol. The molecule has 138 valence electrons. The Hall–Kier alpha value is -2.40. The minimum atomic E-state index is 0.462. The van der Waals surface area contributed by atoms with Crippen LogP contribution in [-0.4, -0.2) is 11.2 Å². The first kappa shape index (κ1) is 18.9. The van der Waals surface area contributed by atoms with Gasteiger partial charge >= 0.3 is 0 Å². The van der Waals surface area contributed by atoms with Crippen molar-refractivity contribution in [1.82, 2.24) is 4.98 Å². The third kappa shape index (κ3) is 4.36. The van der Waals surface area contributed by atoms with Crippen molar-refractivity contribution in [1.29, 1.82) is 0 Å². The van der Waals surface area contributed by atoms with Gasteiger partial charge in [0.05, 0.1) is 15.7 Å². The van der Waals surface area contributed by atoms with Crippen molar-refractivity contribution in [3.8, 4) is 11.5 Å². The molecule has 0 spiro atoms. The number of rotatable bonds is 4. The molecular weight excluding hydrogens is 459 g/mol. The Labute approximate surface area is 180 Å². The van der Waals surface area contributed by atoms with Crippen LogP contribution in [0, 0.1) is 0 Å². The number of fused-ring (bicyclic) bond motifs is 1. The van der Waals surface area contributed by atoms with E-state index >= 15 is 0 Å². The Morgan fingerprint density at radius 3 is 2.54 bits per heavy atom. The molecule has 0 atom stereocenters. The number of aromatic nitrogens is 1. The minimum absolute atomic E-state index is 0.462. The van der Waals surface area contributed by atoms with Crippen LogP contribution in [0.2, 0.25) is 10.0 Å². The third-order valence-corrected chi connectivity index (χ3v) is 5.27. The van der Waals surface area contributed by atoms with Crippen molar-refractivity contribution in [2.45, 2.75) is 0 Å². The summed E-state index contributed by atoms with van der Waals surface area (Å²) in [6.07, 6.45) is 5.65. The zero-order chi connectivity index (χ0) is 19.5. The average molecular weight is 472 g/mol. The second kappa shape index (κ2) is 8.31. The van der Waals surface area contributed by atoms with Gasteiger partial charge in [0.1, 0.15) is 5.52 Å². The quantitative estimate of drug-likeness (QED) is 0.283. The van der Waals surface area contributed by atoms with Gasteiger partial charge in [0.25, 0.3) is 0 Å². The van der Waals surface area contributed by atoms with Gasteiger partial charge in [-0.15, -0.1) is 0 Å². The van der Waals surface area contributed by atoms with Gasteiger partial charge in [-0.05, 0) is 60.2 Å². The van der Waals surface area contributed by atoms with Gasteiger partial charge in [0.15, 0.2) is 5.58 Å². The molecule has 3 aromatic carbocycles. The molecule has 0 aliphatic carbocycles. The maximum absolute atomic E-state index is 6.08. The SMILES string of the molecule is Clc1ccc(-c2nc3cc(N=CC=Cc4ccc(Br)cc4)ccc3o2)cc1Cl. The molecule has 0 saturated heterocycles. The lowest BCUT2D eigenvalue weighted by Gasteiger charge is -1.97. The maximum atomic E-state index is 6.08. The van der Waals surface area contributed by atoms with Crippen LogP contribution in [0.5, 0.6) is 0 Å². The van der Waals surface area contributed by atoms with Crippen LogP contribution in [0.3, 0.4) is 0 Å². The molecule has 28 heavy (non-hydrogen) atoms. The van der Waals surface area contributed by atoms with E-state index in [4.69, 9.17) is 27.6 Å². The molecule has 4 rings (SSSR count). The lowest BCUT2D eigenvalue weighted by molar-refractivity contribution is 0.620. The van der Waals surface area contributed by atoms with Gasteiger partial charge in [-0.1, -0.05) is 57.3 Å². The normalized spacial score (nSPS) is 11.8. The summed E-state index contributed by atoms with van der Waals surface area (Å²) in [6.45, 7) is 0. The van der Waals surface area contributed by atoms with Gasteiger partial charge in [0, 0.05) is 16.3 Å². The van der Waals surface area contributed by atoms with Crippen LogP contribution in [0.1, 0.15) is 5.56 Å². The highest BCUT2D eigenvalue weighted by molar-refractivity contribution is 9.10. The lowest BCUT2D eigenvalue weighted by atomic mass is 10.2. The molecule has 4 aromatic rings. The van der Waals surface area contributed by atoms with E-state index in [1.165, 1.54) is 0 Å². The van der Waals surface area contributed by atoms with E-state index in [1.54, 1.807) is 18.3 Å². The summed E-state index contributed by atoms with van der Waals surface area (Å²) in [5, 5.41) is 0.957. The first-order valence-corrected chi connectivity index (χ1v) is 9.96. The van der Waals surface area contributed by atoms with Crippen molar-refractivity contribution in [3.05, 3.63) is 86.8 Å². The molecule has 1 heterocycles. The van der Waals surface area contributed by atoms with Crippen molar-refractivity contribution < 1.29 is 4.42 Å². The molecule has 0 amide bonds. The summed E-state index contributed by atoms with van der Waals surface area (Å²) in [4.78, 5) is 8.99. The zero-order valence-corrected chi connectivity index (χ0v) is 17.5. The number of allylic oxidation sites excluding steroid dienone is 1. The van der Waals surface area contributed by atoms with Crippen molar-refractivity contribution in [3.63, 3.8) is 0 Å². The van der Waals surface area contributed by atoms with E-state index in [9.17, 15) is 0 Å². The van der Waals surface area contributed by atoms with Gasteiger partial charge in [0.2, 0.25) is 5.89 Å². The Bertz CT molecular complexity index is 1200. The first-order valence-electron chi connectivity index (χ1n) is 8.41. The minimum Gasteiger partial charge on any atom is -0.436 e. The standard InChI is InChI=1S/C22H13BrCl2N2O/c23-16-6-3-14(4-7-16)2-1-11-26-17-8-10-21-20(13-17)27-22(28-21)15-5-9-18(24)19(25)12-15/h1-13H. The lowest BCUT2D eigenvalue weighted by Crippen LogP contribution is -1.77. The predicted octanol–water partition coefficient (Wildman–Crippen LogP) is 7.98. The highest BCUT2D eigenvalue weighted by Crippen LogP contribution is 2.31. The van der Waals surface area contributed by atoms with Crippen LogP contribution in [0.15, 0.2) is 80.6 Å². The summed E-state index contributed by atoms with van der Waals surface area (Å²) < 4.78 is 6.87. The fraction of sp³-hybridized carbons (Fsp3) is 0. The summed E-state index contributed by atoms with van der Waals surface area (Å²) >= 11 is 15.5. The summed E-state index contributed by atoms with van der Waals surface area (Å²) in [5.74, 6) is 0.491. The number of hydrogen-bond donors (Lipinski definition) is 0. The fourth-order valence-corrected chi connectivity index (χ4v) is 3.17. The fourth-order valence-electron chi connectivity index (χ4n) is 2.61. The summed E-state index contributed by atoms with van der Waals surface area (Å²) in [7, 11) is 0. The number of benzene rings is 3. The van der Waals surface area contributed by atoms with E-state index in [0.717, 1.165) is 26.8 Å². The Kier molecular flexibility index (Phi) is 5.62. The van der Waals surface area contributed by atoms with Crippen LogP contribution in [0.25, 0.3) is 28.6 Å². The highest BCUT2D eigenvalue weighted by atomic mass is 79.9. The van der Waals surface area contributed by atoms with Crippen LogP contribution in [0.4, 0.5) is 5.69 Å². The van der Waals surface area contributed by atoms with E-state index < -0.39 is 0 Å². The maximum Gasteiger partial charge on any atom is 0.227 e. The van der Waals surface area contributed by atoms with Gasteiger partial charge in [-0.2, -0.15) is 0 Å². The predicted molar refractivity (Wildman–Crippen MR) is 121 cm³/mol. The third-order valence-electron chi connectivity index (χ3n) is 4.01. The second-order valence-corrected chi connectivity index (χ2v) is 7.72. The molecule has 0 radical (unpaired) electrons. The molecule has 0 fully saturated rings. The number of hydrogen-bond acceptors (Lipinski definition) is 3. The van der Waals surface area contributed by atoms with Crippen molar-refractivity contribution in [2.75, 3.05) is 0 Å². The second-order valence-electron chi connectivity index (χ2n) is 5.99. The molecule has 1 aromatic heterocycles. The van der Waals surface area contributed by atoms with E-state index in [2.05, 4.69) is 25.9 Å². The Morgan fingerprint density at radius 2 is 1.75 bits per heavy atom. The van der Waals surface area contributed by atoms with Crippen molar-refractivity contribution >= 4 is 68.2 Å². The number of nitrogens with zero attached hydrogens (tertiary/aromatic N) is 2. The molecule has 0 aliphatic rings. The summed E-state index contributed by atoms with van der Waals surface area (Å²) in [5.41, 5.74) is 4.08. The van der Waals surface area contributed by atoms with Crippen LogP contribution < -0.4 is 0 Å². The smallest absolute Gasteiger partial charge is 0.227 e. The van der Waals surface area contributed by atoms with E-state index in [1.807, 2.05) is 60.7 Å². The van der Waals surface area contributed by atoms with E-state index in [0.29, 0.717) is 21.5 Å². The average Bonchev–Trinajstić information content (AvgIpc) is 3.12. The number of halogens is 3. The topological polar surface area (TPSA) is 38.4 Å². The molecule has 0 bridgehead atoms. The molecule has 6 heteroatoms. The molecule has 0 unspecified atom stereocenters. The van der Waals surface area contributed by atoms with E-state index in [-0.39, 0.29) is 0 Å². The first-order chi connectivity index (χ1) is 13.6. The van der Waals surface area contributed by atoms with Gasteiger partial charge in [-0.3, -0.25) is 4.99 Å². The molecule has 3 nitrogen and oxygen atoms in total. The molecule has 0 aliphatic heterocycles. The zero-order valence-electron chi connectivity index (χ0n) is 14.4. The molecule has 0 saturated carbocycles. The van der Waals surface area contributed by atoms with Gasteiger partial charge < -0.3 is 4.42 Å². The highest BCUT2D eigenvalue weighted by Gasteiger charge is 2.10. The molecule has 0 N–H and O–H groups in total. The Morgan fingerprint density at radius 1 is 0.929 bits per heavy atom. The number of oxazole rings is 1.